The second-order valence-corrected chi connectivity index (χ2v) is 9.53. The molecule has 0 bridgehead atoms. The lowest BCUT2D eigenvalue weighted by Crippen LogP contribution is -2.27. The first kappa shape index (κ1) is 26.4. The summed E-state index contributed by atoms with van der Waals surface area (Å²) in [5.41, 5.74) is 1.29. The minimum Gasteiger partial charge on any atom is -0.348 e. The highest BCUT2D eigenvalue weighted by Gasteiger charge is 2.28. The Morgan fingerprint density at radius 2 is 1.22 bits per heavy atom. The molecule has 0 atom stereocenters. The Balaban J connectivity index is 1.43. The minimum atomic E-state index is -1.01. The predicted octanol–water partition coefficient (Wildman–Crippen LogP) is 8.91. The molecule has 1 aliphatic rings. The lowest BCUT2D eigenvalue weighted by Gasteiger charge is -2.30. The third-order valence-corrected chi connectivity index (χ3v) is 6.83. The maximum Gasteiger partial charge on any atom is 0.186 e. The number of aryl methyl sites for hydroxylation is 1. The predicted molar refractivity (Wildman–Crippen MR) is 133 cm³/mol. The first-order valence-corrected chi connectivity index (χ1v) is 12.7. The lowest BCUT2D eigenvalue weighted by atomic mass is 9.97. The first-order valence-electron chi connectivity index (χ1n) is 12.7. The Morgan fingerprint density at radius 1 is 0.667 bits per heavy atom. The van der Waals surface area contributed by atoms with Gasteiger partial charge in [0.1, 0.15) is 0 Å². The molecule has 1 heterocycles. The topological polar surface area (TPSA) is 18.5 Å². The van der Waals surface area contributed by atoms with Gasteiger partial charge < -0.3 is 9.47 Å². The van der Waals surface area contributed by atoms with Gasteiger partial charge in [-0.25, -0.2) is 17.6 Å². The molecule has 3 aromatic carbocycles. The average Bonchev–Trinajstić information content (AvgIpc) is 2.90. The van der Waals surface area contributed by atoms with E-state index in [1.54, 1.807) is 24.3 Å². The fraction of sp³-hybridized carbons (Fsp3) is 0.400. The molecule has 0 N–H and O–H groups in total. The van der Waals surface area contributed by atoms with Gasteiger partial charge in [-0.15, -0.1) is 0 Å². The van der Waals surface area contributed by atoms with E-state index in [1.165, 1.54) is 56.9 Å². The number of unbranched alkanes of at least 4 members (excludes halogenated alkanes) is 4. The van der Waals surface area contributed by atoms with Gasteiger partial charge in [-0.2, -0.15) is 0 Å². The van der Waals surface area contributed by atoms with Crippen LogP contribution in [-0.2, 0) is 9.47 Å². The van der Waals surface area contributed by atoms with Gasteiger partial charge in [-0.1, -0.05) is 87.6 Å². The largest absolute Gasteiger partial charge is 0.348 e. The summed E-state index contributed by atoms with van der Waals surface area (Å²) in [6.45, 7) is 4.59. The number of hydrogen-bond donors (Lipinski definition) is 0. The number of ether oxygens (including phenoxy) is 2. The van der Waals surface area contributed by atoms with Gasteiger partial charge in [0.05, 0.1) is 13.2 Å². The van der Waals surface area contributed by atoms with Gasteiger partial charge in [0, 0.05) is 22.6 Å². The monoisotopic (exact) mass is 500 g/mol. The maximum atomic E-state index is 15.0. The lowest BCUT2D eigenvalue weighted by molar-refractivity contribution is -0.207. The van der Waals surface area contributed by atoms with Crippen molar-refractivity contribution in [3.63, 3.8) is 0 Å². The van der Waals surface area contributed by atoms with Crippen LogP contribution < -0.4 is 0 Å². The van der Waals surface area contributed by atoms with Crippen molar-refractivity contribution in [2.24, 2.45) is 5.92 Å². The Kier molecular flexibility index (Phi) is 8.81. The molecule has 0 radical (unpaired) electrons. The van der Waals surface area contributed by atoms with E-state index in [0.29, 0.717) is 24.3 Å². The van der Waals surface area contributed by atoms with Gasteiger partial charge in [0.25, 0.3) is 0 Å². The van der Waals surface area contributed by atoms with Crippen molar-refractivity contribution < 1.29 is 27.0 Å². The molecular weight excluding hydrogens is 468 g/mol. The molecule has 2 nitrogen and oxygen atoms in total. The van der Waals surface area contributed by atoms with E-state index in [2.05, 4.69) is 6.92 Å². The van der Waals surface area contributed by atoms with E-state index in [0.717, 1.165) is 12.8 Å². The van der Waals surface area contributed by atoms with Gasteiger partial charge in [-0.3, -0.25) is 0 Å². The molecule has 1 aliphatic heterocycles. The van der Waals surface area contributed by atoms with Crippen molar-refractivity contribution in [3.05, 3.63) is 82.9 Å². The molecule has 36 heavy (non-hydrogen) atoms. The number of benzene rings is 3. The number of hydrogen-bond acceptors (Lipinski definition) is 2. The van der Waals surface area contributed by atoms with E-state index >= 15 is 8.78 Å². The molecule has 0 aromatic heterocycles. The third-order valence-electron chi connectivity index (χ3n) is 6.83. The molecule has 0 aliphatic carbocycles. The Hall–Kier alpha value is -2.70. The van der Waals surface area contributed by atoms with Crippen LogP contribution in [0.4, 0.5) is 17.6 Å². The van der Waals surface area contributed by atoms with E-state index in [-0.39, 0.29) is 28.2 Å². The van der Waals surface area contributed by atoms with Crippen molar-refractivity contribution in [2.45, 2.75) is 58.7 Å². The highest BCUT2D eigenvalue weighted by molar-refractivity contribution is 5.71. The van der Waals surface area contributed by atoms with Gasteiger partial charge in [-0.05, 0) is 30.0 Å². The number of halogens is 4. The Morgan fingerprint density at radius 3 is 1.83 bits per heavy atom. The van der Waals surface area contributed by atoms with Crippen LogP contribution >= 0.6 is 0 Å². The molecule has 1 saturated heterocycles. The fourth-order valence-corrected chi connectivity index (χ4v) is 4.59. The molecule has 0 amide bonds. The van der Waals surface area contributed by atoms with Gasteiger partial charge in [0.2, 0.25) is 0 Å². The highest BCUT2D eigenvalue weighted by Crippen LogP contribution is 2.35. The minimum absolute atomic E-state index is 0.0338. The van der Waals surface area contributed by atoms with Gasteiger partial charge in [0.15, 0.2) is 29.6 Å². The van der Waals surface area contributed by atoms with Crippen LogP contribution in [0.5, 0.6) is 0 Å². The van der Waals surface area contributed by atoms with E-state index in [9.17, 15) is 8.78 Å². The molecule has 192 valence electrons. The molecule has 6 heteroatoms. The number of rotatable bonds is 9. The summed E-state index contributed by atoms with van der Waals surface area (Å²) in [6.07, 6.45) is 6.05. The second-order valence-electron chi connectivity index (χ2n) is 9.53. The zero-order valence-electron chi connectivity index (χ0n) is 20.8. The molecule has 0 unspecified atom stereocenters. The van der Waals surface area contributed by atoms with Crippen molar-refractivity contribution in [1.29, 1.82) is 0 Å². The molecular formula is C30H32F4O2. The summed E-state index contributed by atoms with van der Waals surface area (Å²) in [6, 6.07) is 12.2. The standard InChI is InChI=1S/C30H32F4O2/c1-3-4-5-6-7-8-20-17-35-30(36-18-20)25-16-15-24(28(33)29(25)34)22-12-10-21(11-13-22)23-14-9-19(2)26(31)27(23)32/h9-16,20,30H,3-8,17-18H2,1-2H3. The SMILES string of the molecule is CCCCCCCC1COC(c2ccc(-c3ccc(-c4ccc(C)c(F)c4F)cc3)c(F)c2F)OC1. The molecule has 3 aromatic rings. The summed E-state index contributed by atoms with van der Waals surface area (Å²) < 4.78 is 69.8. The maximum absolute atomic E-state index is 15.0. The van der Waals surface area contributed by atoms with Crippen LogP contribution in [0.2, 0.25) is 0 Å². The van der Waals surface area contributed by atoms with Crippen LogP contribution in [0.3, 0.4) is 0 Å². The average molecular weight is 501 g/mol. The summed E-state index contributed by atoms with van der Waals surface area (Å²) in [5, 5.41) is 0. The van der Waals surface area contributed by atoms with Crippen molar-refractivity contribution >= 4 is 0 Å². The highest BCUT2D eigenvalue weighted by atomic mass is 19.2. The van der Waals surface area contributed by atoms with E-state index in [1.807, 2.05) is 0 Å². The van der Waals surface area contributed by atoms with Gasteiger partial charge >= 0.3 is 0 Å². The van der Waals surface area contributed by atoms with Crippen LogP contribution in [0.25, 0.3) is 22.3 Å². The van der Waals surface area contributed by atoms with Crippen LogP contribution in [0, 0.1) is 36.1 Å². The van der Waals surface area contributed by atoms with Crippen molar-refractivity contribution in [3.8, 4) is 22.3 Å². The Bertz CT molecular complexity index is 1170. The summed E-state index contributed by atoms with van der Waals surface area (Å²) in [5.74, 6) is -3.58. The van der Waals surface area contributed by atoms with Crippen LogP contribution in [0.1, 0.15) is 62.9 Å². The van der Waals surface area contributed by atoms with Crippen LogP contribution in [-0.4, -0.2) is 13.2 Å². The Labute approximate surface area is 210 Å². The smallest absolute Gasteiger partial charge is 0.186 e. The van der Waals surface area contributed by atoms with E-state index in [4.69, 9.17) is 9.47 Å². The quantitative estimate of drug-likeness (QED) is 0.216. The first-order chi connectivity index (χ1) is 17.4. The molecule has 0 spiro atoms. The fourth-order valence-electron chi connectivity index (χ4n) is 4.59. The molecule has 0 saturated carbocycles. The summed E-state index contributed by atoms with van der Waals surface area (Å²) >= 11 is 0. The second kappa shape index (κ2) is 12.0. The summed E-state index contributed by atoms with van der Waals surface area (Å²) in [4.78, 5) is 0. The third kappa shape index (κ3) is 5.81. The normalized spacial score (nSPS) is 17.9. The summed E-state index contributed by atoms with van der Waals surface area (Å²) in [7, 11) is 0. The molecule has 4 rings (SSSR count). The zero-order valence-corrected chi connectivity index (χ0v) is 20.8. The van der Waals surface area contributed by atoms with Crippen molar-refractivity contribution in [1.82, 2.24) is 0 Å². The van der Waals surface area contributed by atoms with E-state index < -0.39 is 29.6 Å². The van der Waals surface area contributed by atoms with Crippen molar-refractivity contribution in [2.75, 3.05) is 13.2 Å². The van der Waals surface area contributed by atoms with Crippen LogP contribution in [0.15, 0.2) is 48.5 Å². The molecule has 1 fully saturated rings. The zero-order chi connectivity index (χ0) is 25.7.